The fourth-order valence-corrected chi connectivity index (χ4v) is 1.75. The first-order valence-corrected chi connectivity index (χ1v) is 6.33. The minimum atomic E-state index is -0.222. The molecule has 0 aromatic heterocycles. The lowest BCUT2D eigenvalue weighted by Crippen LogP contribution is -3.11. The largest absolute Gasteiger partial charge is 0.462 e. The predicted molar refractivity (Wildman–Crippen MR) is 68.3 cm³/mol. The monoisotopic (exact) mass is 236 g/mol. The third-order valence-corrected chi connectivity index (χ3v) is 2.92. The van der Waals surface area contributed by atoms with Crippen LogP contribution in [0.4, 0.5) is 0 Å². The number of ether oxygens (including phenoxy) is 1. The fourth-order valence-electron chi connectivity index (χ4n) is 1.75. The highest BCUT2D eigenvalue weighted by Crippen LogP contribution is 2.00. The smallest absolute Gasteiger partial charge is 0.338 e. The first-order valence-electron chi connectivity index (χ1n) is 6.33. The van der Waals surface area contributed by atoms with Crippen LogP contribution in [-0.2, 0) is 4.74 Å². The van der Waals surface area contributed by atoms with Gasteiger partial charge in [-0.15, -0.1) is 0 Å². The van der Waals surface area contributed by atoms with Crippen LogP contribution >= 0.6 is 0 Å². The van der Waals surface area contributed by atoms with Gasteiger partial charge < -0.3 is 9.64 Å². The predicted octanol–water partition coefficient (Wildman–Crippen LogP) is 1.16. The molecule has 0 aliphatic rings. The SMILES string of the molecule is CC[NH+](CC)CCCOC(=O)c1ccccc1. The van der Waals surface area contributed by atoms with E-state index in [0.29, 0.717) is 12.2 Å². The topological polar surface area (TPSA) is 30.7 Å². The van der Waals surface area contributed by atoms with E-state index in [1.165, 1.54) is 0 Å². The second-order valence-electron chi connectivity index (χ2n) is 4.06. The molecule has 94 valence electrons. The Balaban J connectivity index is 2.21. The molecule has 1 aromatic rings. The molecular formula is C14H22NO2+. The van der Waals surface area contributed by atoms with E-state index in [2.05, 4.69) is 13.8 Å². The average Bonchev–Trinajstić information content (AvgIpc) is 2.40. The molecule has 0 unspecified atom stereocenters. The van der Waals surface area contributed by atoms with Crippen molar-refractivity contribution in [2.45, 2.75) is 20.3 Å². The van der Waals surface area contributed by atoms with Crippen molar-refractivity contribution in [3.05, 3.63) is 35.9 Å². The van der Waals surface area contributed by atoms with Gasteiger partial charge >= 0.3 is 5.97 Å². The molecule has 0 aliphatic carbocycles. The van der Waals surface area contributed by atoms with E-state index in [0.717, 1.165) is 26.1 Å². The van der Waals surface area contributed by atoms with Crippen molar-refractivity contribution in [2.24, 2.45) is 0 Å². The highest BCUT2D eigenvalue weighted by Gasteiger charge is 2.06. The molecule has 0 amide bonds. The van der Waals surface area contributed by atoms with Crippen molar-refractivity contribution >= 4 is 5.97 Å². The number of hydrogen-bond acceptors (Lipinski definition) is 2. The van der Waals surface area contributed by atoms with Gasteiger partial charge in [-0.05, 0) is 26.0 Å². The molecule has 1 rings (SSSR count). The number of carbonyl (C=O) groups is 1. The van der Waals surface area contributed by atoms with E-state index < -0.39 is 0 Å². The molecule has 1 aromatic carbocycles. The van der Waals surface area contributed by atoms with E-state index in [9.17, 15) is 4.79 Å². The number of rotatable bonds is 7. The molecule has 0 radical (unpaired) electrons. The van der Waals surface area contributed by atoms with Crippen LogP contribution in [0.15, 0.2) is 30.3 Å². The first kappa shape index (κ1) is 13.7. The summed E-state index contributed by atoms with van der Waals surface area (Å²) in [6, 6.07) is 9.13. The van der Waals surface area contributed by atoms with E-state index in [4.69, 9.17) is 4.74 Å². The number of nitrogens with one attached hydrogen (secondary N) is 1. The van der Waals surface area contributed by atoms with Crippen LogP contribution in [0.25, 0.3) is 0 Å². The second-order valence-corrected chi connectivity index (χ2v) is 4.06. The highest BCUT2D eigenvalue weighted by atomic mass is 16.5. The Labute approximate surface area is 103 Å². The lowest BCUT2D eigenvalue weighted by Gasteiger charge is -2.14. The van der Waals surface area contributed by atoms with Crippen LogP contribution in [0, 0.1) is 0 Å². The zero-order valence-electron chi connectivity index (χ0n) is 10.7. The zero-order valence-corrected chi connectivity index (χ0v) is 10.7. The van der Waals surface area contributed by atoms with Crippen LogP contribution < -0.4 is 4.90 Å². The molecule has 3 nitrogen and oxygen atoms in total. The molecule has 0 bridgehead atoms. The minimum absolute atomic E-state index is 0.222. The lowest BCUT2D eigenvalue weighted by atomic mass is 10.2. The molecule has 1 N–H and O–H groups in total. The summed E-state index contributed by atoms with van der Waals surface area (Å²) < 4.78 is 5.22. The van der Waals surface area contributed by atoms with Crippen LogP contribution in [0.5, 0.6) is 0 Å². The van der Waals surface area contributed by atoms with Crippen molar-refractivity contribution in [1.82, 2.24) is 0 Å². The summed E-state index contributed by atoms with van der Waals surface area (Å²) in [4.78, 5) is 13.1. The zero-order chi connectivity index (χ0) is 12.5. The van der Waals surface area contributed by atoms with Gasteiger partial charge in [0.2, 0.25) is 0 Å². The quantitative estimate of drug-likeness (QED) is 0.569. The minimum Gasteiger partial charge on any atom is -0.462 e. The van der Waals surface area contributed by atoms with E-state index in [1.807, 2.05) is 18.2 Å². The normalized spacial score (nSPS) is 10.5. The van der Waals surface area contributed by atoms with Crippen molar-refractivity contribution in [1.29, 1.82) is 0 Å². The van der Waals surface area contributed by atoms with Gasteiger partial charge in [0.05, 0.1) is 31.8 Å². The number of carbonyl (C=O) groups excluding carboxylic acids is 1. The second kappa shape index (κ2) is 7.85. The fraction of sp³-hybridized carbons (Fsp3) is 0.500. The van der Waals surface area contributed by atoms with E-state index >= 15 is 0 Å². The molecule has 17 heavy (non-hydrogen) atoms. The standard InChI is InChI=1S/C14H21NO2/c1-3-15(4-2)11-8-12-17-14(16)13-9-6-5-7-10-13/h5-7,9-10H,3-4,8,11-12H2,1-2H3/p+1. The Morgan fingerprint density at radius 3 is 2.41 bits per heavy atom. The Bertz CT molecular complexity index is 320. The van der Waals surface area contributed by atoms with Crippen molar-refractivity contribution in [3.8, 4) is 0 Å². The highest BCUT2D eigenvalue weighted by molar-refractivity contribution is 5.89. The number of hydrogen-bond donors (Lipinski definition) is 1. The Morgan fingerprint density at radius 2 is 1.82 bits per heavy atom. The summed E-state index contributed by atoms with van der Waals surface area (Å²) in [5, 5.41) is 0. The van der Waals surface area contributed by atoms with Gasteiger partial charge in [0.25, 0.3) is 0 Å². The van der Waals surface area contributed by atoms with E-state index in [1.54, 1.807) is 17.0 Å². The van der Waals surface area contributed by atoms with Gasteiger partial charge in [-0.1, -0.05) is 18.2 Å². The Morgan fingerprint density at radius 1 is 1.18 bits per heavy atom. The summed E-state index contributed by atoms with van der Waals surface area (Å²) in [6.07, 6.45) is 0.926. The molecule has 0 saturated carbocycles. The maximum absolute atomic E-state index is 11.6. The molecule has 0 atom stereocenters. The molecule has 3 heteroatoms. The van der Waals surface area contributed by atoms with Gasteiger partial charge in [0, 0.05) is 6.42 Å². The third-order valence-electron chi connectivity index (χ3n) is 2.92. The average molecular weight is 236 g/mol. The summed E-state index contributed by atoms with van der Waals surface area (Å²) in [5.41, 5.74) is 0.627. The summed E-state index contributed by atoms with van der Waals surface area (Å²) in [7, 11) is 0. The third kappa shape index (κ3) is 5.00. The Hall–Kier alpha value is -1.35. The van der Waals surface area contributed by atoms with Crippen LogP contribution in [0.1, 0.15) is 30.6 Å². The molecule has 0 fully saturated rings. The maximum atomic E-state index is 11.6. The van der Waals surface area contributed by atoms with E-state index in [-0.39, 0.29) is 5.97 Å². The van der Waals surface area contributed by atoms with Crippen LogP contribution in [0.3, 0.4) is 0 Å². The lowest BCUT2D eigenvalue weighted by molar-refractivity contribution is -0.896. The molecule has 0 aliphatic heterocycles. The summed E-state index contributed by atoms with van der Waals surface area (Å²) >= 11 is 0. The van der Waals surface area contributed by atoms with Crippen molar-refractivity contribution in [3.63, 3.8) is 0 Å². The van der Waals surface area contributed by atoms with Crippen molar-refractivity contribution < 1.29 is 14.4 Å². The molecular weight excluding hydrogens is 214 g/mol. The maximum Gasteiger partial charge on any atom is 0.338 e. The number of benzene rings is 1. The van der Waals surface area contributed by atoms with Crippen LogP contribution in [0.2, 0.25) is 0 Å². The summed E-state index contributed by atoms with van der Waals surface area (Å²) in [5.74, 6) is -0.222. The Kier molecular flexibility index (Phi) is 6.33. The number of quaternary nitrogens is 1. The molecule has 0 saturated heterocycles. The van der Waals surface area contributed by atoms with Crippen molar-refractivity contribution in [2.75, 3.05) is 26.2 Å². The van der Waals surface area contributed by atoms with Gasteiger partial charge in [0.15, 0.2) is 0 Å². The number of esters is 1. The van der Waals surface area contributed by atoms with Gasteiger partial charge in [-0.25, -0.2) is 4.79 Å². The van der Waals surface area contributed by atoms with Gasteiger partial charge in [-0.2, -0.15) is 0 Å². The summed E-state index contributed by atoms with van der Waals surface area (Å²) in [6.45, 7) is 8.18. The molecule has 0 heterocycles. The van der Waals surface area contributed by atoms with Gasteiger partial charge in [-0.3, -0.25) is 0 Å². The van der Waals surface area contributed by atoms with Gasteiger partial charge in [0.1, 0.15) is 0 Å². The first-order chi connectivity index (χ1) is 8.27. The molecule has 0 spiro atoms. The van der Waals surface area contributed by atoms with Crippen LogP contribution in [-0.4, -0.2) is 32.2 Å².